The van der Waals surface area contributed by atoms with Gasteiger partial charge in [-0.1, -0.05) is 0 Å². The molecule has 74 valence electrons. The minimum Gasteiger partial charge on any atom is -0.480 e. The van der Waals surface area contributed by atoms with Crippen LogP contribution in [0.25, 0.3) is 0 Å². The largest absolute Gasteiger partial charge is 0.480 e. The van der Waals surface area contributed by atoms with E-state index in [0.29, 0.717) is 6.61 Å². The van der Waals surface area contributed by atoms with Gasteiger partial charge in [0.25, 0.3) is 0 Å². The van der Waals surface area contributed by atoms with E-state index in [1.54, 1.807) is 0 Å². The van der Waals surface area contributed by atoms with Crippen LogP contribution >= 0.6 is 0 Å². The van der Waals surface area contributed by atoms with Crippen LogP contribution in [-0.2, 0) is 9.53 Å². The van der Waals surface area contributed by atoms with Crippen molar-refractivity contribution in [3.63, 3.8) is 0 Å². The SMILES string of the molecule is O=C(O)CN/N=C1/CCCOCC1. The average Bonchev–Trinajstić information content (AvgIpc) is 2.32. The van der Waals surface area contributed by atoms with Gasteiger partial charge in [0.1, 0.15) is 6.54 Å². The van der Waals surface area contributed by atoms with Crippen LogP contribution in [0.1, 0.15) is 19.3 Å². The number of aliphatic carboxylic acids is 1. The van der Waals surface area contributed by atoms with Crippen molar-refractivity contribution in [2.75, 3.05) is 19.8 Å². The molecule has 1 heterocycles. The number of nitrogens with zero attached hydrogens (tertiary/aromatic N) is 1. The van der Waals surface area contributed by atoms with Gasteiger partial charge in [-0.15, -0.1) is 0 Å². The molecule has 0 unspecified atom stereocenters. The number of hydrogen-bond donors (Lipinski definition) is 2. The normalized spacial score (nSPS) is 21.1. The Bertz CT molecular complexity index is 194. The number of hydrazone groups is 1. The summed E-state index contributed by atoms with van der Waals surface area (Å²) in [5.41, 5.74) is 3.51. The number of carbonyl (C=O) groups is 1. The van der Waals surface area contributed by atoms with E-state index in [2.05, 4.69) is 10.5 Å². The van der Waals surface area contributed by atoms with Gasteiger partial charge in [0, 0.05) is 18.7 Å². The molecule has 0 amide bonds. The first-order chi connectivity index (χ1) is 6.29. The molecule has 5 nitrogen and oxygen atoms in total. The minimum absolute atomic E-state index is 0.121. The van der Waals surface area contributed by atoms with Gasteiger partial charge >= 0.3 is 5.97 Å². The standard InChI is InChI=1S/C8H14N2O3/c11-8(12)6-9-10-7-2-1-4-13-5-3-7/h9H,1-6H2,(H,11,12)/b10-7-. The fourth-order valence-corrected chi connectivity index (χ4v) is 1.13. The Morgan fingerprint density at radius 3 is 3.15 bits per heavy atom. The van der Waals surface area contributed by atoms with Crippen molar-refractivity contribution >= 4 is 11.7 Å². The van der Waals surface area contributed by atoms with Gasteiger partial charge in [0.15, 0.2) is 0 Å². The summed E-state index contributed by atoms with van der Waals surface area (Å²) < 4.78 is 5.23. The lowest BCUT2D eigenvalue weighted by atomic mass is 10.2. The first-order valence-corrected chi connectivity index (χ1v) is 4.37. The third kappa shape index (κ3) is 4.47. The molecule has 0 aliphatic carbocycles. The highest BCUT2D eigenvalue weighted by Gasteiger charge is 2.05. The van der Waals surface area contributed by atoms with Crippen LogP contribution < -0.4 is 5.43 Å². The summed E-state index contributed by atoms with van der Waals surface area (Å²) in [6, 6.07) is 0. The molecule has 0 saturated carbocycles. The predicted octanol–water partition coefficient (Wildman–Crippen LogP) is 0.217. The van der Waals surface area contributed by atoms with E-state index in [9.17, 15) is 4.79 Å². The summed E-state index contributed by atoms with van der Waals surface area (Å²) in [5.74, 6) is -0.894. The van der Waals surface area contributed by atoms with Crippen molar-refractivity contribution in [2.45, 2.75) is 19.3 Å². The zero-order valence-corrected chi connectivity index (χ0v) is 7.45. The number of ether oxygens (including phenoxy) is 1. The molecule has 0 aromatic carbocycles. The lowest BCUT2D eigenvalue weighted by Crippen LogP contribution is -2.19. The van der Waals surface area contributed by atoms with Crippen LogP contribution in [0, 0.1) is 0 Å². The Balaban J connectivity index is 2.26. The molecule has 0 bridgehead atoms. The maximum absolute atomic E-state index is 10.2. The maximum atomic E-state index is 10.2. The molecular weight excluding hydrogens is 172 g/mol. The summed E-state index contributed by atoms with van der Waals surface area (Å²) in [6.45, 7) is 1.34. The van der Waals surface area contributed by atoms with Crippen molar-refractivity contribution in [1.82, 2.24) is 5.43 Å². The molecule has 1 aliphatic rings. The minimum atomic E-state index is -0.894. The molecular formula is C8H14N2O3. The molecule has 0 radical (unpaired) electrons. The van der Waals surface area contributed by atoms with Gasteiger partial charge in [0.2, 0.25) is 0 Å². The van der Waals surface area contributed by atoms with Crippen molar-refractivity contribution in [2.24, 2.45) is 5.10 Å². The Hall–Kier alpha value is -1.10. The van der Waals surface area contributed by atoms with E-state index < -0.39 is 5.97 Å². The molecule has 13 heavy (non-hydrogen) atoms. The number of carboxylic acid groups (broad SMARTS) is 1. The fraction of sp³-hybridized carbons (Fsp3) is 0.750. The van der Waals surface area contributed by atoms with Gasteiger partial charge in [0.05, 0.1) is 6.61 Å². The van der Waals surface area contributed by atoms with Crippen LogP contribution in [0.2, 0.25) is 0 Å². The van der Waals surface area contributed by atoms with E-state index >= 15 is 0 Å². The van der Waals surface area contributed by atoms with E-state index in [1.807, 2.05) is 0 Å². The summed E-state index contributed by atoms with van der Waals surface area (Å²) in [6.07, 6.45) is 2.66. The molecule has 2 N–H and O–H groups in total. The number of hydrogen-bond acceptors (Lipinski definition) is 4. The van der Waals surface area contributed by atoms with Crippen LogP contribution in [0.3, 0.4) is 0 Å². The zero-order chi connectivity index (χ0) is 9.52. The van der Waals surface area contributed by atoms with E-state index in [0.717, 1.165) is 31.6 Å². The first-order valence-electron chi connectivity index (χ1n) is 4.37. The monoisotopic (exact) mass is 186 g/mol. The highest BCUT2D eigenvalue weighted by Crippen LogP contribution is 2.03. The van der Waals surface area contributed by atoms with Crippen molar-refractivity contribution in [3.05, 3.63) is 0 Å². The molecule has 0 spiro atoms. The molecule has 5 heteroatoms. The smallest absolute Gasteiger partial charge is 0.324 e. The van der Waals surface area contributed by atoms with Gasteiger partial charge < -0.3 is 9.84 Å². The van der Waals surface area contributed by atoms with Gasteiger partial charge in [-0.05, 0) is 12.8 Å². The molecule has 0 atom stereocenters. The Kier molecular flexibility index (Phi) is 4.25. The van der Waals surface area contributed by atoms with Crippen molar-refractivity contribution in [1.29, 1.82) is 0 Å². The molecule has 1 aliphatic heterocycles. The first kappa shape index (κ1) is 9.98. The van der Waals surface area contributed by atoms with Gasteiger partial charge in [-0.3, -0.25) is 10.2 Å². The Morgan fingerprint density at radius 1 is 1.54 bits per heavy atom. The Morgan fingerprint density at radius 2 is 2.38 bits per heavy atom. The third-order valence-electron chi connectivity index (χ3n) is 1.76. The van der Waals surface area contributed by atoms with Crippen molar-refractivity contribution < 1.29 is 14.6 Å². The van der Waals surface area contributed by atoms with E-state index in [1.165, 1.54) is 0 Å². The second kappa shape index (κ2) is 5.53. The number of carboxylic acids is 1. The quantitative estimate of drug-likeness (QED) is 0.618. The third-order valence-corrected chi connectivity index (χ3v) is 1.76. The van der Waals surface area contributed by atoms with Crippen LogP contribution in [-0.4, -0.2) is 36.5 Å². The lowest BCUT2D eigenvalue weighted by Gasteiger charge is -2.00. The zero-order valence-electron chi connectivity index (χ0n) is 7.45. The fourth-order valence-electron chi connectivity index (χ4n) is 1.13. The molecule has 0 aromatic rings. The average molecular weight is 186 g/mol. The number of nitrogens with one attached hydrogen (secondary N) is 1. The van der Waals surface area contributed by atoms with Crippen LogP contribution in [0.15, 0.2) is 5.10 Å². The van der Waals surface area contributed by atoms with Crippen molar-refractivity contribution in [3.8, 4) is 0 Å². The van der Waals surface area contributed by atoms with Crippen LogP contribution in [0.4, 0.5) is 0 Å². The second-order valence-electron chi connectivity index (χ2n) is 2.87. The number of rotatable bonds is 3. The lowest BCUT2D eigenvalue weighted by molar-refractivity contribution is -0.135. The summed E-state index contributed by atoms with van der Waals surface area (Å²) >= 11 is 0. The summed E-state index contributed by atoms with van der Waals surface area (Å²) in [7, 11) is 0. The van der Waals surface area contributed by atoms with E-state index in [4.69, 9.17) is 9.84 Å². The summed E-state index contributed by atoms with van der Waals surface area (Å²) in [5, 5.41) is 12.3. The Labute approximate surface area is 76.8 Å². The molecule has 0 aromatic heterocycles. The molecule has 1 saturated heterocycles. The predicted molar refractivity (Wildman–Crippen MR) is 47.7 cm³/mol. The molecule has 1 fully saturated rings. The topological polar surface area (TPSA) is 70.9 Å². The van der Waals surface area contributed by atoms with Gasteiger partial charge in [-0.25, -0.2) is 0 Å². The van der Waals surface area contributed by atoms with Crippen LogP contribution in [0.5, 0.6) is 0 Å². The second-order valence-corrected chi connectivity index (χ2v) is 2.87. The highest BCUT2D eigenvalue weighted by atomic mass is 16.5. The highest BCUT2D eigenvalue weighted by molar-refractivity contribution is 5.84. The maximum Gasteiger partial charge on any atom is 0.324 e. The van der Waals surface area contributed by atoms with Gasteiger partial charge in [-0.2, -0.15) is 5.10 Å². The summed E-state index contributed by atoms with van der Waals surface area (Å²) in [4.78, 5) is 10.2. The molecule has 1 rings (SSSR count). The van der Waals surface area contributed by atoms with E-state index in [-0.39, 0.29) is 6.54 Å².